The Kier molecular flexibility index (Phi) is 9.45. The number of thiazole rings is 2. The maximum atomic E-state index is 5.99. The number of nitrogens with two attached hydrogens (primary N) is 2. The van der Waals surface area contributed by atoms with Crippen LogP contribution in [0.25, 0.3) is 16.4 Å². The minimum Gasteiger partial charge on any atom is -0.494 e. The molecule has 0 radical (unpaired) electrons. The molecule has 0 saturated carbocycles. The van der Waals surface area contributed by atoms with Crippen molar-refractivity contribution in [3.8, 4) is 39.4 Å². The number of hydrogen-bond donors (Lipinski definition) is 3. The van der Waals surface area contributed by atoms with Crippen molar-refractivity contribution in [1.29, 1.82) is 0 Å². The maximum absolute atomic E-state index is 5.99. The van der Waals surface area contributed by atoms with Gasteiger partial charge in [0, 0.05) is 12.4 Å². The zero-order chi connectivity index (χ0) is 28.5. The van der Waals surface area contributed by atoms with Gasteiger partial charge in [-0.15, -0.1) is 32.9 Å². The Balaban J connectivity index is 0.000000186. The average molecular weight is 582 g/mol. The highest BCUT2D eigenvalue weighted by molar-refractivity contribution is 7.13. The highest BCUT2D eigenvalue weighted by Gasteiger charge is 2.21. The lowest BCUT2D eigenvalue weighted by Gasteiger charge is -2.15. The number of hydrogen-bond acceptors (Lipinski definition) is 13. The lowest BCUT2D eigenvalue weighted by Crippen LogP contribution is -2.30. The molecule has 0 aliphatic rings. The Morgan fingerprint density at radius 1 is 0.825 bits per heavy atom. The van der Waals surface area contributed by atoms with Crippen LogP contribution in [0.2, 0.25) is 0 Å². The molecule has 0 spiro atoms. The van der Waals surface area contributed by atoms with Crippen molar-refractivity contribution >= 4 is 40.1 Å². The van der Waals surface area contributed by atoms with E-state index < -0.39 is 0 Å². The van der Waals surface area contributed by atoms with Crippen LogP contribution >= 0.6 is 22.7 Å². The third kappa shape index (κ3) is 5.96. The molecule has 0 saturated heterocycles. The van der Waals surface area contributed by atoms with Gasteiger partial charge in [0.1, 0.15) is 34.4 Å². The van der Waals surface area contributed by atoms with Crippen molar-refractivity contribution in [3.63, 3.8) is 0 Å². The van der Waals surface area contributed by atoms with Crippen LogP contribution in [0.1, 0.15) is 4.88 Å². The van der Waals surface area contributed by atoms with Crippen LogP contribution in [-0.2, 0) is 0 Å². The molecular weight excluding hydrogens is 554 g/mol. The summed E-state index contributed by atoms with van der Waals surface area (Å²) >= 11 is 2.89. The van der Waals surface area contributed by atoms with Gasteiger partial charge >= 0.3 is 0 Å². The minimum absolute atomic E-state index is 0.251. The first-order valence-electron chi connectivity index (χ1n) is 11.5. The van der Waals surface area contributed by atoms with Gasteiger partial charge in [-0.25, -0.2) is 10.8 Å². The number of nitrogen functional groups attached to an aromatic ring is 1. The lowest BCUT2D eigenvalue weighted by molar-refractivity contribution is 0.391. The lowest BCUT2D eigenvalue weighted by atomic mass is 10.2. The van der Waals surface area contributed by atoms with E-state index in [4.69, 9.17) is 30.5 Å². The molecule has 0 amide bonds. The summed E-state index contributed by atoms with van der Waals surface area (Å²) in [6, 6.07) is 10.9. The second-order valence-electron chi connectivity index (χ2n) is 7.58. The van der Waals surface area contributed by atoms with E-state index in [1.54, 1.807) is 56.4 Å². The molecule has 13 nitrogen and oxygen atoms in total. The number of nitrogens with zero attached hydrogens (tertiary/aromatic N) is 6. The van der Waals surface area contributed by atoms with E-state index in [2.05, 4.69) is 30.6 Å². The summed E-state index contributed by atoms with van der Waals surface area (Å²) in [6.45, 7) is 0. The molecule has 0 unspecified atom stereocenters. The van der Waals surface area contributed by atoms with Crippen molar-refractivity contribution < 1.29 is 18.9 Å². The molecule has 15 heteroatoms. The van der Waals surface area contributed by atoms with Crippen molar-refractivity contribution in [2.24, 2.45) is 10.8 Å². The molecular formula is C25H27N9O4S2. The molecule has 5 aromatic rings. The van der Waals surface area contributed by atoms with Gasteiger partial charge in [-0.05, 0) is 24.3 Å². The molecule has 3 heterocycles. The Hall–Kier alpha value is -4.73. The van der Waals surface area contributed by atoms with E-state index in [0.717, 1.165) is 9.75 Å². The van der Waals surface area contributed by atoms with E-state index in [9.17, 15) is 0 Å². The van der Waals surface area contributed by atoms with E-state index in [1.807, 2.05) is 36.4 Å². The molecule has 0 aliphatic carbocycles. The number of ether oxygens (including phenoxy) is 4. The van der Waals surface area contributed by atoms with Crippen molar-refractivity contribution in [2.75, 3.05) is 34.2 Å². The standard InChI is InChI=1S/C13H13N5O2S.C12H14N4O2S/c1-19-8-4-3-5-9(20-2)11(8)18-12(16-17-13(18)14)10-6-15-7-21-10;1-17-8-4-3-5-9(18-2)11(8)15-12(16-13)10-6-14-7-19-10/h3-7H,1-2H3,(H2,14,17);3-7H,13H2,1-2H3,(H,15,16). The molecule has 3 aromatic heterocycles. The highest BCUT2D eigenvalue weighted by Crippen LogP contribution is 2.38. The van der Waals surface area contributed by atoms with E-state index in [1.165, 1.54) is 22.7 Å². The summed E-state index contributed by atoms with van der Waals surface area (Å²) in [5, 5.41) is 8.09. The molecule has 208 valence electrons. The summed E-state index contributed by atoms with van der Waals surface area (Å²) in [4.78, 5) is 14.2. The number of rotatable bonds is 8. The van der Waals surface area contributed by atoms with Gasteiger partial charge in [-0.2, -0.15) is 0 Å². The normalized spacial score (nSPS) is 10.9. The van der Waals surface area contributed by atoms with E-state index in [0.29, 0.717) is 46.0 Å². The third-order valence-electron chi connectivity index (χ3n) is 5.39. The van der Waals surface area contributed by atoms with Gasteiger partial charge in [0.05, 0.1) is 49.2 Å². The van der Waals surface area contributed by atoms with E-state index >= 15 is 0 Å². The van der Waals surface area contributed by atoms with Crippen LogP contribution < -0.4 is 35.9 Å². The molecule has 2 aromatic carbocycles. The Morgan fingerprint density at radius 2 is 1.40 bits per heavy atom. The first-order chi connectivity index (χ1) is 19.6. The zero-order valence-corrected chi connectivity index (χ0v) is 23.7. The molecule has 0 fully saturated rings. The maximum Gasteiger partial charge on any atom is 0.227 e. The van der Waals surface area contributed by atoms with Crippen molar-refractivity contribution in [1.82, 2.24) is 30.2 Å². The fraction of sp³-hybridized carbons (Fsp3) is 0.160. The first-order valence-corrected chi connectivity index (χ1v) is 13.3. The Bertz CT molecular complexity index is 1510. The molecule has 0 bridgehead atoms. The largest absolute Gasteiger partial charge is 0.494 e. The zero-order valence-electron chi connectivity index (χ0n) is 22.1. The topological polar surface area (TPSA) is 170 Å². The number of aliphatic imine (C=N–C) groups is 1. The van der Waals surface area contributed by atoms with Gasteiger partial charge in [0.15, 0.2) is 11.7 Å². The number of aromatic nitrogens is 5. The Morgan fingerprint density at radius 3 is 1.90 bits per heavy atom. The van der Waals surface area contributed by atoms with Gasteiger partial charge in [0.2, 0.25) is 5.95 Å². The summed E-state index contributed by atoms with van der Waals surface area (Å²) in [7, 11) is 6.34. The average Bonchev–Trinajstić information content (AvgIpc) is 3.78. The summed E-state index contributed by atoms with van der Waals surface area (Å²) in [5.41, 5.74) is 13.2. The monoisotopic (exact) mass is 581 g/mol. The van der Waals surface area contributed by atoms with Crippen LogP contribution in [-0.4, -0.2) is 59.0 Å². The summed E-state index contributed by atoms with van der Waals surface area (Å²) < 4.78 is 23.1. The summed E-state index contributed by atoms with van der Waals surface area (Å²) in [5.74, 6) is 9.31. The van der Waals surface area contributed by atoms with Gasteiger partial charge in [0.25, 0.3) is 0 Å². The smallest absolute Gasteiger partial charge is 0.227 e. The minimum atomic E-state index is 0.251. The predicted molar refractivity (Wildman–Crippen MR) is 155 cm³/mol. The molecule has 5 rings (SSSR count). The van der Waals surface area contributed by atoms with Crippen LogP contribution in [0.3, 0.4) is 0 Å². The van der Waals surface area contributed by atoms with Crippen molar-refractivity contribution in [2.45, 2.75) is 0 Å². The SMILES string of the molecule is COc1cccc(OC)c1-n1c(N)nnc1-c1cncs1.COc1cccc(OC)c1N=C(NN)c1cncs1. The van der Waals surface area contributed by atoms with Gasteiger partial charge in [-0.3, -0.25) is 14.5 Å². The molecule has 0 aliphatic heterocycles. The number of nitrogens with one attached hydrogen (secondary N) is 1. The number of amidine groups is 1. The quantitative estimate of drug-likeness (QED) is 0.106. The number of benzene rings is 2. The number of methoxy groups -OCH3 is 4. The van der Waals surface area contributed by atoms with Crippen LogP contribution in [0.5, 0.6) is 23.0 Å². The number of anilines is 1. The first kappa shape index (κ1) is 28.3. The molecule has 40 heavy (non-hydrogen) atoms. The molecule has 5 N–H and O–H groups in total. The highest BCUT2D eigenvalue weighted by atomic mass is 32.1. The fourth-order valence-electron chi connectivity index (χ4n) is 3.60. The van der Waals surface area contributed by atoms with Crippen LogP contribution in [0.15, 0.2) is 64.8 Å². The second-order valence-corrected chi connectivity index (χ2v) is 9.35. The van der Waals surface area contributed by atoms with Crippen molar-refractivity contribution in [3.05, 3.63) is 64.7 Å². The fourth-order valence-corrected chi connectivity index (χ4v) is 4.77. The predicted octanol–water partition coefficient (Wildman–Crippen LogP) is 3.69. The van der Waals surface area contributed by atoms with Gasteiger partial charge < -0.3 is 30.1 Å². The second kappa shape index (κ2) is 13.4. The summed E-state index contributed by atoms with van der Waals surface area (Å²) in [6.07, 6.45) is 3.40. The van der Waals surface area contributed by atoms with Gasteiger partial charge in [-0.1, -0.05) is 12.1 Å². The van der Waals surface area contributed by atoms with Crippen LogP contribution in [0.4, 0.5) is 11.6 Å². The number of hydrazine groups is 1. The Labute approximate surface area is 238 Å². The molecule has 0 atom stereocenters. The van der Waals surface area contributed by atoms with Crippen LogP contribution in [0, 0.1) is 0 Å². The third-order valence-corrected chi connectivity index (χ3v) is 6.94. The van der Waals surface area contributed by atoms with E-state index in [-0.39, 0.29) is 5.95 Å². The number of para-hydroxylation sites is 2.